The topological polar surface area (TPSA) is 28.1 Å². The maximum Gasteiger partial charge on any atom is 0.195 e. The molecule has 0 amide bonds. The van der Waals surface area contributed by atoms with E-state index in [9.17, 15) is 0 Å². The molecule has 4 heteroatoms. The molecule has 1 aliphatic rings. The molecule has 1 aliphatic heterocycles. The standard InChI is InChI=1S/C12H25N3O/c1-12(2)8-7-10(16-12)9-13-11(14(3)4)15(5)6/h10H,7-9H2,1-6H3/t10-/m0/s1. The summed E-state index contributed by atoms with van der Waals surface area (Å²) in [5.74, 6) is 0.994. The van der Waals surface area contributed by atoms with E-state index >= 15 is 0 Å². The zero-order valence-electron chi connectivity index (χ0n) is 11.4. The molecule has 0 N–H and O–H groups in total. The molecule has 0 saturated carbocycles. The average Bonchev–Trinajstić information content (AvgIpc) is 2.44. The summed E-state index contributed by atoms with van der Waals surface area (Å²) >= 11 is 0. The zero-order valence-corrected chi connectivity index (χ0v) is 11.4. The first-order valence-electron chi connectivity index (χ1n) is 5.89. The van der Waals surface area contributed by atoms with E-state index in [0.29, 0.717) is 0 Å². The molecule has 0 radical (unpaired) electrons. The van der Waals surface area contributed by atoms with E-state index in [4.69, 9.17) is 4.74 Å². The van der Waals surface area contributed by atoms with Crippen molar-refractivity contribution in [2.75, 3.05) is 34.7 Å². The number of guanidine groups is 1. The largest absolute Gasteiger partial charge is 0.370 e. The van der Waals surface area contributed by atoms with E-state index in [1.165, 1.54) is 0 Å². The van der Waals surface area contributed by atoms with E-state index < -0.39 is 0 Å². The van der Waals surface area contributed by atoms with Crippen LogP contribution in [0.3, 0.4) is 0 Å². The summed E-state index contributed by atoms with van der Waals surface area (Å²) < 4.78 is 5.91. The summed E-state index contributed by atoms with van der Waals surface area (Å²) in [7, 11) is 8.05. The molecule has 0 bridgehead atoms. The molecule has 4 nitrogen and oxygen atoms in total. The Labute approximate surface area is 99.3 Å². The van der Waals surface area contributed by atoms with Crippen molar-refractivity contribution in [1.29, 1.82) is 0 Å². The smallest absolute Gasteiger partial charge is 0.195 e. The van der Waals surface area contributed by atoms with Crippen LogP contribution in [0.4, 0.5) is 0 Å². The lowest BCUT2D eigenvalue weighted by molar-refractivity contribution is -0.0107. The van der Waals surface area contributed by atoms with Crippen LogP contribution in [0.15, 0.2) is 4.99 Å². The first-order valence-corrected chi connectivity index (χ1v) is 5.89. The van der Waals surface area contributed by atoms with Crippen LogP contribution in [0.25, 0.3) is 0 Å². The Morgan fingerprint density at radius 3 is 2.19 bits per heavy atom. The minimum absolute atomic E-state index is 0.0383. The van der Waals surface area contributed by atoms with Crippen LogP contribution < -0.4 is 0 Å². The lowest BCUT2D eigenvalue weighted by atomic mass is 10.1. The van der Waals surface area contributed by atoms with Crippen molar-refractivity contribution in [3.63, 3.8) is 0 Å². The Morgan fingerprint density at radius 2 is 1.81 bits per heavy atom. The van der Waals surface area contributed by atoms with Gasteiger partial charge in [0, 0.05) is 28.2 Å². The maximum atomic E-state index is 5.91. The fraction of sp³-hybridized carbons (Fsp3) is 0.917. The van der Waals surface area contributed by atoms with E-state index in [1.807, 2.05) is 38.0 Å². The second-order valence-electron chi connectivity index (χ2n) is 5.47. The predicted octanol–water partition coefficient (Wildman–Crippen LogP) is 1.42. The summed E-state index contributed by atoms with van der Waals surface area (Å²) in [6, 6.07) is 0. The van der Waals surface area contributed by atoms with E-state index in [0.717, 1.165) is 25.3 Å². The Balaban J connectivity index is 2.52. The molecule has 1 saturated heterocycles. The lowest BCUT2D eigenvalue weighted by Gasteiger charge is -2.23. The van der Waals surface area contributed by atoms with Crippen LogP contribution in [0, 0.1) is 0 Å². The van der Waals surface area contributed by atoms with Crippen LogP contribution >= 0.6 is 0 Å². The molecule has 1 heterocycles. The highest BCUT2D eigenvalue weighted by Crippen LogP contribution is 2.29. The van der Waals surface area contributed by atoms with Gasteiger partial charge in [0.2, 0.25) is 0 Å². The van der Waals surface area contributed by atoms with Crippen molar-refractivity contribution >= 4 is 5.96 Å². The zero-order chi connectivity index (χ0) is 12.3. The molecule has 1 rings (SSSR count). The molecule has 1 fully saturated rings. The summed E-state index contributed by atoms with van der Waals surface area (Å²) in [4.78, 5) is 8.67. The summed E-state index contributed by atoms with van der Waals surface area (Å²) in [5, 5.41) is 0. The number of hydrogen-bond donors (Lipinski definition) is 0. The fourth-order valence-corrected chi connectivity index (χ4v) is 2.07. The van der Waals surface area contributed by atoms with Gasteiger partial charge >= 0.3 is 0 Å². The first-order chi connectivity index (χ1) is 7.32. The monoisotopic (exact) mass is 227 g/mol. The summed E-state index contributed by atoms with van der Waals surface area (Å²) in [5.41, 5.74) is 0.0383. The minimum Gasteiger partial charge on any atom is -0.370 e. The number of rotatable bonds is 2. The van der Waals surface area contributed by atoms with Crippen molar-refractivity contribution in [2.45, 2.75) is 38.4 Å². The molecule has 0 aromatic heterocycles. The van der Waals surface area contributed by atoms with Crippen molar-refractivity contribution in [2.24, 2.45) is 4.99 Å². The number of aliphatic imine (C=N–C) groups is 1. The van der Waals surface area contributed by atoms with Gasteiger partial charge in [0.05, 0.1) is 18.2 Å². The minimum atomic E-state index is 0.0383. The Morgan fingerprint density at radius 1 is 1.25 bits per heavy atom. The number of ether oxygens (including phenoxy) is 1. The van der Waals surface area contributed by atoms with E-state index in [2.05, 4.69) is 18.8 Å². The average molecular weight is 227 g/mol. The number of nitrogens with zero attached hydrogens (tertiary/aromatic N) is 3. The maximum absolute atomic E-state index is 5.91. The van der Waals surface area contributed by atoms with Crippen LogP contribution in [0.2, 0.25) is 0 Å². The first kappa shape index (κ1) is 13.3. The molecule has 0 aromatic carbocycles. The van der Waals surface area contributed by atoms with Gasteiger partial charge in [-0.3, -0.25) is 4.99 Å². The molecular weight excluding hydrogens is 202 g/mol. The third-order valence-corrected chi connectivity index (χ3v) is 2.79. The van der Waals surface area contributed by atoms with Gasteiger partial charge < -0.3 is 14.5 Å². The van der Waals surface area contributed by atoms with Crippen LogP contribution in [0.5, 0.6) is 0 Å². The van der Waals surface area contributed by atoms with Crippen molar-refractivity contribution in [3.05, 3.63) is 0 Å². The van der Waals surface area contributed by atoms with Gasteiger partial charge in [0.15, 0.2) is 5.96 Å². The fourth-order valence-electron chi connectivity index (χ4n) is 2.07. The molecule has 16 heavy (non-hydrogen) atoms. The highest BCUT2D eigenvalue weighted by Gasteiger charge is 2.31. The SMILES string of the molecule is CN(C)C(=NC[C@@H]1CCC(C)(C)O1)N(C)C. The van der Waals surface area contributed by atoms with Crippen LogP contribution in [-0.2, 0) is 4.74 Å². The highest BCUT2D eigenvalue weighted by atomic mass is 16.5. The predicted molar refractivity (Wildman–Crippen MR) is 67.9 cm³/mol. The number of hydrogen-bond acceptors (Lipinski definition) is 2. The highest BCUT2D eigenvalue weighted by molar-refractivity contribution is 5.79. The van der Waals surface area contributed by atoms with Gasteiger partial charge in [-0.05, 0) is 26.7 Å². The van der Waals surface area contributed by atoms with Crippen molar-refractivity contribution in [1.82, 2.24) is 9.80 Å². The van der Waals surface area contributed by atoms with E-state index in [-0.39, 0.29) is 11.7 Å². The Kier molecular flexibility index (Phi) is 4.19. The third kappa shape index (κ3) is 3.67. The van der Waals surface area contributed by atoms with E-state index in [1.54, 1.807) is 0 Å². The second-order valence-corrected chi connectivity index (χ2v) is 5.47. The molecule has 0 spiro atoms. The van der Waals surface area contributed by atoms with Gasteiger partial charge in [-0.1, -0.05) is 0 Å². The Bertz CT molecular complexity index is 249. The molecular formula is C12H25N3O. The second kappa shape index (κ2) is 5.04. The Hall–Kier alpha value is -0.770. The quantitative estimate of drug-likeness (QED) is 0.527. The molecule has 0 aromatic rings. The van der Waals surface area contributed by atoms with Crippen molar-refractivity contribution in [3.8, 4) is 0 Å². The molecule has 1 atom stereocenters. The van der Waals surface area contributed by atoms with Gasteiger partial charge in [0.25, 0.3) is 0 Å². The van der Waals surface area contributed by atoms with Crippen molar-refractivity contribution < 1.29 is 4.74 Å². The van der Waals surface area contributed by atoms with Crippen LogP contribution in [-0.4, -0.2) is 62.2 Å². The normalized spacial score (nSPS) is 23.0. The van der Waals surface area contributed by atoms with Gasteiger partial charge in [-0.25, -0.2) is 0 Å². The molecule has 0 unspecified atom stereocenters. The molecule has 94 valence electrons. The summed E-state index contributed by atoms with van der Waals surface area (Å²) in [6.07, 6.45) is 2.53. The third-order valence-electron chi connectivity index (χ3n) is 2.79. The van der Waals surface area contributed by atoms with Gasteiger partial charge in [-0.15, -0.1) is 0 Å². The molecule has 0 aliphatic carbocycles. The van der Waals surface area contributed by atoms with Gasteiger partial charge in [0.1, 0.15) is 0 Å². The lowest BCUT2D eigenvalue weighted by Crippen LogP contribution is -2.36. The van der Waals surface area contributed by atoms with Crippen LogP contribution in [0.1, 0.15) is 26.7 Å². The summed E-state index contributed by atoms with van der Waals surface area (Å²) in [6.45, 7) is 5.06. The van der Waals surface area contributed by atoms with Gasteiger partial charge in [-0.2, -0.15) is 0 Å².